The number of benzene rings is 4. The summed E-state index contributed by atoms with van der Waals surface area (Å²) in [7, 11) is 1.18. The number of hydrogen-bond donors (Lipinski definition) is 3. The van der Waals surface area contributed by atoms with Crippen LogP contribution in [0.2, 0.25) is 5.02 Å². The highest BCUT2D eigenvalue weighted by atomic mass is 35.5. The quantitative estimate of drug-likeness (QED) is 0.0533. The van der Waals surface area contributed by atoms with Crippen molar-refractivity contribution in [1.82, 2.24) is 20.4 Å². The van der Waals surface area contributed by atoms with Crippen LogP contribution in [0.25, 0.3) is 0 Å². The van der Waals surface area contributed by atoms with E-state index in [0.717, 1.165) is 74.6 Å². The summed E-state index contributed by atoms with van der Waals surface area (Å²) < 4.78 is 26.4. The van der Waals surface area contributed by atoms with Gasteiger partial charge in [0.25, 0.3) is 17.7 Å². The molecule has 7 aliphatic rings. The van der Waals surface area contributed by atoms with E-state index < -0.39 is 24.7 Å². The zero-order valence-electron chi connectivity index (χ0n) is 42.5. The number of imide groups is 1. The number of aryl methyl sites for hydroxylation is 1. The van der Waals surface area contributed by atoms with Crippen LogP contribution >= 0.6 is 11.6 Å². The summed E-state index contributed by atoms with van der Waals surface area (Å²) in [5.74, 6) is 0.863. The fraction of sp³-hybridized carbons (Fsp3) is 0.474. The molecule has 11 rings (SSSR count). The predicted molar refractivity (Wildman–Crippen MR) is 279 cm³/mol. The van der Waals surface area contributed by atoms with Crippen molar-refractivity contribution in [2.75, 3.05) is 32.1 Å². The van der Waals surface area contributed by atoms with E-state index in [4.69, 9.17) is 35.6 Å². The third-order valence-corrected chi connectivity index (χ3v) is 17.2. The molecule has 15 nitrogen and oxygen atoms in total. The van der Waals surface area contributed by atoms with Crippen molar-refractivity contribution in [3.63, 3.8) is 0 Å². The summed E-state index contributed by atoms with van der Waals surface area (Å²) in [5, 5.41) is 18.7. The third kappa shape index (κ3) is 10.1. The van der Waals surface area contributed by atoms with Crippen LogP contribution in [0.5, 0.6) is 11.5 Å². The maximum absolute atomic E-state index is 13.9. The van der Waals surface area contributed by atoms with Crippen molar-refractivity contribution in [3.8, 4) is 17.6 Å². The minimum Gasteiger partial charge on any atom is -0.493 e. The van der Waals surface area contributed by atoms with E-state index >= 15 is 0 Å². The van der Waals surface area contributed by atoms with Gasteiger partial charge >= 0.3 is 7.12 Å². The van der Waals surface area contributed by atoms with Gasteiger partial charge in [-0.2, -0.15) is 5.26 Å². The van der Waals surface area contributed by atoms with Gasteiger partial charge in [-0.05, 0) is 155 Å². The molecule has 0 spiro atoms. The first-order valence-corrected chi connectivity index (χ1v) is 26.6. The highest BCUT2D eigenvalue weighted by Crippen LogP contribution is 2.67. The molecule has 6 fully saturated rings. The van der Waals surface area contributed by atoms with Gasteiger partial charge in [0, 0.05) is 66.6 Å². The number of nitrogens with one attached hydrogen (secondary N) is 3. The van der Waals surface area contributed by atoms with Crippen molar-refractivity contribution in [2.24, 2.45) is 17.3 Å². The standard InChI is InChI=1S/C57H64BClN6O9/c1-34-10-11-36(54(69)64(4)26-7-27-71-48-9-5-8-43-44(48)33-65(55(43)70)47-22-23-51(66)63-53(47)68)28-45(34)58-73-50-30-38-29-49(56(38,2)3)57(50,74-58)24-6-25-61-39-15-12-35(13-16-39)52(67)62-40-17-20-41(21-18-40)72-42-19-14-37(32-60)46(59)31-42/h5,8-16,19,28,31,38,40-41,47,49-50,61H,6-7,17-18,20-27,29-30,33H2,1-4H3,(H,62,67)(H,63,66,68)/t38-,40?,41?,47?,49-,50+,57-/m1/s1. The van der Waals surface area contributed by atoms with Crippen molar-refractivity contribution in [1.29, 1.82) is 5.26 Å². The average molecular weight is 1020 g/mol. The number of halogens is 1. The van der Waals surface area contributed by atoms with Crippen molar-refractivity contribution >= 4 is 59.4 Å². The molecule has 0 radical (unpaired) electrons. The van der Waals surface area contributed by atoms with Crippen LogP contribution in [-0.2, 0) is 25.4 Å². The molecule has 2 saturated heterocycles. The molecule has 3 aliphatic heterocycles. The first-order chi connectivity index (χ1) is 35.6. The van der Waals surface area contributed by atoms with Crippen LogP contribution in [-0.4, -0.2) is 103 Å². The molecule has 2 bridgehead atoms. The summed E-state index contributed by atoms with van der Waals surface area (Å²) in [5.41, 5.74) is 5.25. The van der Waals surface area contributed by atoms with Crippen molar-refractivity contribution in [2.45, 2.75) is 128 Å². The number of rotatable bonds is 17. The van der Waals surface area contributed by atoms with Gasteiger partial charge in [0.2, 0.25) is 11.8 Å². The summed E-state index contributed by atoms with van der Waals surface area (Å²) >= 11 is 6.19. The van der Waals surface area contributed by atoms with Crippen LogP contribution in [0.15, 0.2) is 78.9 Å². The minimum absolute atomic E-state index is 0.0242. The zero-order chi connectivity index (χ0) is 51.9. The number of hydrogen-bond acceptors (Lipinski definition) is 11. The Bertz CT molecular complexity index is 2890. The Morgan fingerprint density at radius 2 is 1.76 bits per heavy atom. The number of amides is 5. The Morgan fingerprint density at radius 3 is 2.50 bits per heavy atom. The molecule has 3 N–H and O–H groups in total. The summed E-state index contributed by atoms with van der Waals surface area (Å²) in [6.07, 6.45) is 7.93. The van der Waals surface area contributed by atoms with Crippen LogP contribution in [0, 0.1) is 35.5 Å². The molecule has 386 valence electrons. The number of nitriles is 1. The average Bonchev–Trinajstić information content (AvgIpc) is 3.98. The fourth-order valence-corrected chi connectivity index (χ4v) is 12.7. The number of piperidine rings is 1. The SMILES string of the molecule is Cc1ccc(C(=O)N(C)CCCOc2cccc3c2CN(C2CCC(=O)NC2=O)C3=O)cc1B1O[C@H]2C[C@H]3C[C@H](C3(C)C)[C@@]2(CCCNc2ccc(C(=O)NC3CCC(Oc4ccc(C#N)c(Cl)c4)CC3)cc2)O1. The van der Waals surface area contributed by atoms with E-state index in [-0.39, 0.29) is 66.7 Å². The van der Waals surface area contributed by atoms with Crippen molar-refractivity contribution < 1.29 is 42.8 Å². The monoisotopic (exact) mass is 1020 g/mol. The largest absolute Gasteiger partial charge is 0.494 e. The first-order valence-electron chi connectivity index (χ1n) is 26.2. The normalized spacial score (nSPS) is 25.5. The molecule has 3 heterocycles. The third-order valence-electron chi connectivity index (χ3n) is 16.9. The lowest BCUT2D eigenvalue weighted by Gasteiger charge is -2.65. The van der Waals surface area contributed by atoms with Crippen LogP contribution < -0.4 is 30.9 Å². The summed E-state index contributed by atoms with van der Waals surface area (Å²) in [4.78, 5) is 68.0. The van der Waals surface area contributed by atoms with E-state index in [1.165, 1.54) is 4.90 Å². The number of nitrogens with zero attached hydrogens (tertiary/aromatic N) is 3. The van der Waals surface area contributed by atoms with Gasteiger partial charge < -0.3 is 39.2 Å². The Labute approximate surface area is 438 Å². The zero-order valence-corrected chi connectivity index (χ0v) is 43.3. The highest BCUT2D eigenvalue weighted by Gasteiger charge is 2.69. The van der Waals surface area contributed by atoms with E-state index in [2.05, 4.69) is 35.9 Å². The van der Waals surface area contributed by atoms with Gasteiger partial charge in [-0.3, -0.25) is 29.3 Å². The smallest absolute Gasteiger partial charge is 0.493 e. The molecule has 4 saturated carbocycles. The number of fused-ring (bicyclic) bond motifs is 1. The lowest BCUT2D eigenvalue weighted by atomic mass is 9.42. The molecule has 4 aromatic rings. The van der Waals surface area contributed by atoms with Crippen LogP contribution in [0.4, 0.5) is 5.69 Å². The van der Waals surface area contributed by atoms with Crippen LogP contribution in [0.1, 0.15) is 132 Å². The number of ether oxygens (including phenoxy) is 2. The minimum atomic E-state index is -0.706. The molecule has 74 heavy (non-hydrogen) atoms. The van der Waals surface area contributed by atoms with E-state index in [1.54, 1.807) is 42.3 Å². The van der Waals surface area contributed by atoms with Gasteiger partial charge in [-0.15, -0.1) is 0 Å². The molecule has 17 heteroatoms. The van der Waals surface area contributed by atoms with Gasteiger partial charge in [-0.25, -0.2) is 0 Å². The predicted octanol–water partition coefficient (Wildman–Crippen LogP) is 7.75. The van der Waals surface area contributed by atoms with E-state index in [0.29, 0.717) is 75.7 Å². The highest BCUT2D eigenvalue weighted by molar-refractivity contribution is 6.62. The van der Waals surface area contributed by atoms with Crippen LogP contribution in [0.3, 0.4) is 0 Å². The van der Waals surface area contributed by atoms with E-state index in [9.17, 15) is 24.0 Å². The second kappa shape index (κ2) is 21.1. The molecule has 0 aromatic heterocycles. The second-order valence-corrected chi connectivity index (χ2v) is 22.1. The Balaban J connectivity index is 0.700. The molecular weight excluding hydrogens is 959 g/mol. The van der Waals surface area contributed by atoms with Crippen molar-refractivity contribution in [3.05, 3.63) is 117 Å². The second-order valence-electron chi connectivity index (χ2n) is 21.7. The summed E-state index contributed by atoms with van der Waals surface area (Å²) in [6, 6.07) is 25.2. The fourth-order valence-electron chi connectivity index (χ4n) is 12.5. The lowest BCUT2D eigenvalue weighted by molar-refractivity contribution is -0.210. The lowest BCUT2D eigenvalue weighted by Crippen LogP contribution is -2.66. The number of carbonyl (C=O) groups is 5. The molecular formula is C57H64BClN6O9. The molecule has 5 atom stereocenters. The Morgan fingerprint density at radius 1 is 0.973 bits per heavy atom. The van der Waals surface area contributed by atoms with Gasteiger partial charge in [-0.1, -0.05) is 43.1 Å². The maximum atomic E-state index is 13.9. The molecule has 1 unspecified atom stereocenters. The maximum Gasteiger partial charge on any atom is 0.494 e. The number of anilines is 1. The van der Waals surface area contributed by atoms with Gasteiger partial charge in [0.05, 0.1) is 41.5 Å². The molecule has 4 aliphatic carbocycles. The Kier molecular flexibility index (Phi) is 14.6. The number of carbonyl (C=O) groups excluding carboxylic acids is 5. The molecule has 4 aromatic carbocycles. The van der Waals surface area contributed by atoms with Gasteiger partial charge in [0.1, 0.15) is 23.6 Å². The molecule has 5 amide bonds. The first kappa shape index (κ1) is 51.1. The van der Waals surface area contributed by atoms with Gasteiger partial charge in [0.15, 0.2) is 0 Å². The summed E-state index contributed by atoms with van der Waals surface area (Å²) in [6.45, 7) is 8.45. The van der Waals surface area contributed by atoms with E-state index in [1.807, 2.05) is 55.5 Å². The Hall–Kier alpha value is -6.41. The topological polar surface area (TPSA) is 189 Å².